The van der Waals surface area contributed by atoms with Crippen LogP contribution < -0.4 is 10.1 Å². The van der Waals surface area contributed by atoms with Gasteiger partial charge < -0.3 is 14.8 Å². The minimum Gasteiger partial charge on any atom is -0.481 e. The zero-order chi connectivity index (χ0) is 15.0. The number of rotatable bonds is 8. The van der Waals surface area contributed by atoms with E-state index in [-0.39, 0.29) is 17.8 Å². The van der Waals surface area contributed by atoms with Crippen LogP contribution in [0.15, 0.2) is 24.3 Å². The monoisotopic (exact) mass is 283 g/mol. The van der Waals surface area contributed by atoms with Crippen LogP contribution in [0.1, 0.15) is 27.2 Å². The molecule has 0 aliphatic heterocycles. The lowest BCUT2D eigenvalue weighted by Gasteiger charge is -2.15. The third-order valence-corrected chi connectivity index (χ3v) is 2.57. The van der Waals surface area contributed by atoms with E-state index in [9.17, 15) is 9.18 Å². The summed E-state index contributed by atoms with van der Waals surface area (Å²) in [6, 6.07) is 5.58. The summed E-state index contributed by atoms with van der Waals surface area (Å²) >= 11 is 0. The van der Waals surface area contributed by atoms with E-state index in [1.165, 1.54) is 24.3 Å². The van der Waals surface area contributed by atoms with Crippen molar-refractivity contribution in [1.29, 1.82) is 0 Å². The maximum Gasteiger partial charge on any atom is 0.260 e. The highest BCUT2D eigenvalue weighted by molar-refractivity contribution is 5.80. The van der Waals surface area contributed by atoms with Crippen LogP contribution in [0.5, 0.6) is 5.75 Å². The zero-order valence-electron chi connectivity index (χ0n) is 12.2. The van der Waals surface area contributed by atoms with Gasteiger partial charge in [0.25, 0.3) is 5.91 Å². The molecule has 0 aromatic heterocycles. The molecule has 0 bridgehead atoms. The summed E-state index contributed by atoms with van der Waals surface area (Å²) in [5.74, 6) is -0.0596. The third kappa shape index (κ3) is 6.52. The Morgan fingerprint density at radius 1 is 1.25 bits per heavy atom. The molecule has 5 heteroatoms. The molecule has 1 rings (SSSR count). The average Bonchev–Trinajstić information content (AvgIpc) is 2.40. The smallest absolute Gasteiger partial charge is 0.260 e. The number of carbonyl (C=O) groups excluding carboxylic acids is 1. The Morgan fingerprint density at radius 3 is 2.50 bits per heavy atom. The molecule has 0 saturated heterocycles. The van der Waals surface area contributed by atoms with Gasteiger partial charge in [-0.2, -0.15) is 0 Å². The van der Waals surface area contributed by atoms with E-state index in [1.54, 1.807) is 6.92 Å². The van der Waals surface area contributed by atoms with E-state index in [4.69, 9.17) is 9.47 Å². The lowest BCUT2D eigenvalue weighted by atomic mass is 10.3. The van der Waals surface area contributed by atoms with Gasteiger partial charge in [0.2, 0.25) is 0 Å². The molecule has 4 nitrogen and oxygen atoms in total. The van der Waals surface area contributed by atoms with Crippen LogP contribution >= 0.6 is 0 Å². The van der Waals surface area contributed by atoms with Crippen molar-refractivity contribution in [3.63, 3.8) is 0 Å². The van der Waals surface area contributed by atoms with Crippen molar-refractivity contribution < 1.29 is 18.7 Å². The topological polar surface area (TPSA) is 47.6 Å². The normalized spacial score (nSPS) is 12.2. The Balaban J connectivity index is 2.23. The van der Waals surface area contributed by atoms with Gasteiger partial charge in [0, 0.05) is 13.2 Å². The Labute approximate surface area is 119 Å². The van der Waals surface area contributed by atoms with E-state index in [0.717, 1.165) is 6.42 Å². The summed E-state index contributed by atoms with van der Waals surface area (Å²) in [5.41, 5.74) is 0. The molecule has 1 amide bonds. The number of halogens is 1. The highest BCUT2D eigenvalue weighted by atomic mass is 19.1. The van der Waals surface area contributed by atoms with Crippen LogP contribution in [0.25, 0.3) is 0 Å². The number of nitrogens with one attached hydrogen (secondary N) is 1. The van der Waals surface area contributed by atoms with Crippen molar-refractivity contribution in [2.75, 3.05) is 13.2 Å². The number of hydrogen-bond acceptors (Lipinski definition) is 3. The van der Waals surface area contributed by atoms with E-state index < -0.39 is 6.10 Å². The Hall–Kier alpha value is -1.62. The SMILES string of the molecule is CC(C)OCCCNC(=O)C(C)Oc1ccc(F)cc1. The molecule has 112 valence electrons. The molecular formula is C15H22FNO3. The molecule has 0 spiro atoms. The first-order chi connectivity index (χ1) is 9.49. The summed E-state index contributed by atoms with van der Waals surface area (Å²) < 4.78 is 23.5. The van der Waals surface area contributed by atoms with Crippen LogP contribution in [-0.2, 0) is 9.53 Å². The summed E-state index contributed by atoms with van der Waals surface area (Å²) in [6.45, 7) is 6.76. The molecule has 1 N–H and O–H groups in total. The number of carbonyl (C=O) groups is 1. The second-order valence-electron chi connectivity index (χ2n) is 4.78. The number of ether oxygens (including phenoxy) is 2. The van der Waals surface area contributed by atoms with Crippen molar-refractivity contribution in [2.24, 2.45) is 0 Å². The fourth-order valence-corrected chi connectivity index (χ4v) is 1.52. The van der Waals surface area contributed by atoms with Gasteiger partial charge in [0.1, 0.15) is 11.6 Å². The Kier molecular flexibility index (Phi) is 7.01. The lowest BCUT2D eigenvalue weighted by Crippen LogP contribution is -2.37. The molecule has 1 unspecified atom stereocenters. The summed E-state index contributed by atoms with van der Waals surface area (Å²) in [5, 5.41) is 2.77. The Bertz CT molecular complexity index is 406. The highest BCUT2D eigenvalue weighted by Crippen LogP contribution is 2.12. The summed E-state index contributed by atoms with van der Waals surface area (Å²) in [4.78, 5) is 11.8. The number of amides is 1. The van der Waals surface area contributed by atoms with E-state index in [1.807, 2.05) is 13.8 Å². The maximum atomic E-state index is 12.7. The van der Waals surface area contributed by atoms with E-state index in [0.29, 0.717) is 18.9 Å². The average molecular weight is 283 g/mol. The minimum absolute atomic E-state index is 0.195. The molecule has 0 radical (unpaired) electrons. The molecule has 0 heterocycles. The van der Waals surface area contributed by atoms with Gasteiger partial charge in [-0.1, -0.05) is 0 Å². The first-order valence-electron chi connectivity index (χ1n) is 6.80. The van der Waals surface area contributed by atoms with Crippen molar-refractivity contribution in [1.82, 2.24) is 5.32 Å². The van der Waals surface area contributed by atoms with Gasteiger partial charge in [-0.3, -0.25) is 4.79 Å². The largest absolute Gasteiger partial charge is 0.481 e. The minimum atomic E-state index is -0.619. The molecule has 0 saturated carbocycles. The molecule has 1 aromatic rings. The van der Waals surface area contributed by atoms with E-state index >= 15 is 0 Å². The van der Waals surface area contributed by atoms with Crippen LogP contribution in [0, 0.1) is 5.82 Å². The van der Waals surface area contributed by atoms with E-state index in [2.05, 4.69) is 5.32 Å². The maximum absolute atomic E-state index is 12.7. The van der Waals surface area contributed by atoms with Gasteiger partial charge in [-0.25, -0.2) is 4.39 Å². The van der Waals surface area contributed by atoms with Crippen molar-refractivity contribution in [3.8, 4) is 5.75 Å². The van der Waals surface area contributed by atoms with Crippen LogP contribution in [0.3, 0.4) is 0 Å². The van der Waals surface area contributed by atoms with Crippen molar-refractivity contribution in [3.05, 3.63) is 30.1 Å². The number of hydrogen-bond donors (Lipinski definition) is 1. The summed E-state index contributed by atoms with van der Waals surface area (Å²) in [7, 11) is 0. The predicted molar refractivity (Wildman–Crippen MR) is 75.2 cm³/mol. The van der Waals surface area contributed by atoms with Crippen molar-refractivity contribution >= 4 is 5.91 Å². The highest BCUT2D eigenvalue weighted by Gasteiger charge is 2.13. The first kappa shape index (κ1) is 16.4. The van der Waals surface area contributed by atoms with Crippen LogP contribution in [-0.4, -0.2) is 31.3 Å². The van der Waals surface area contributed by atoms with Crippen LogP contribution in [0.2, 0.25) is 0 Å². The number of benzene rings is 1. The standard InChI is InChI=1S/C15H22FNO3/c1-11(2)19-10-4-9-17-15(18)12(3)20-14-7-5-13(16)6-8-14/h5-8,11-12H,4,9-10H2,1-3H3,(H,17,18). The fraction of sp³-hybridized carbons (Fsp3) is 0.533. The lowest BCUT2D eigenvalue weighted by molar-refractivity contribution is -0.127. The third-order valence-electron chi connectivity index (χ3n) is 2.57. The molecule has 20 heavy (non-hydrogen) atoms. The molecule has 0 aliphatic carbocycles. The van der Waals surface area contributed by atoms with Gasteiger partial charge in [0.05, 0.1) is 6.10 Å². The Morgan fingerprint density at radius 2 is 1.90 bits per heavy atom. The molecule has 1 aromatic carbocycles. The zero-order valence-corrected chi connectivity index (χ0v) is 12.2. The quantitative estimate of drug-likeness (QED) is 0.746. The van der Waals surface area contributed by atoms with Crippen LogP contribution in [0.4, 0.5) is 4.39 Å². The molecular weight excluding hydrogens is 261 g/mol. The van der Waals surface area contributed by atoms with Crippen molar-refractivity contribution in [2.45, 2.75) is 39.4 Å². The van der Waals surface area contributed by atoms with Gasteiger partial charge in [-0.05, 0) is 51.5 Å². The summed E-state index contributed by atoms with van der Waals surface area (Å²) in [6.07, 6.45) is 0.339. The van der Waals surface area contributed by atoms with Gasteiger partial charge in [-0.15, -0.1) is 0 Å². The predicted octanol–water partition coefficient (Wildman–Crippen LogP) is 2.52. The molecule has 1 atom stereocenters. The first-order valence-corrected chi connectivity index (χ1v) is 6.80. The fourth-order valence-electron chi connectivity index (χ4n) is 1.52. The van der Waals surface area contributed by atoms with Gasteiger partial charge >= 0.3 is 0 Å². The second kappa shape index (κ2) is 8.53. The van der Waals surface area contributed by atoms with Gasteiger partial charge in [0.15, 0.2) is 6.10 Å². The molecule has 0 aliphatic rings. The molecule has 0 fully saturated rings. The second-order valence-corrected chi connectivity index (χ2v) is 4.78.